The molecule has 0 radical (unpaired) electrons. The number of hydrogen-bond acceptors (Lipinski definition) is 10. The molecule has 0 bridgehead atoms. The van der Waals surface area contributed by atoms with Gasteiger partial charge in [0.2, 0.25) is 12.6 Å². The maximum Gasteiger partial charge on any atom is 0.255 e. The van der Waals surface area contributed by atoms with Gasteiger partial charge in [0.15, 0.2) is 22.9 Å². The van der Waals surface area contributed by atoms with Crippen LogP contribution in [0.4, 0.5) is 0 Å². The number of carbonyl (C=O) groups is 3. The van der Waals surface area contributed by atoms with E-state index < -0.39 is 75.8 Å². The number of primary amides is 1. The van der Waals surface area contributed by atoms with Crippen molar-refractivity contribution in [3.05, 3.63) is 75.8 Å². The third-order valence-electron chi connectivity index (χ3n) is 7.62. The highest BCUT2D eigenvalue weighted by atomic mass is 16.7. The smallest absolute Gasteiger partial charge is 0.255 e. The normalized spacial score (nSPS) is 28.8. The van der Waals surface area contributed by atoms with Crippen molar-refractivity contribution in [1.29, 1.82) is 0 Å². The second-order valence-electron chi connectivity index (χ2n) is 9.56. The Kier molecular flexibility index (Phi) is 4.97. The fourth-order valence-corrected chi connectivity index (χ4v) is 5.87. The number of allylic oxidation sites excluding steroid dienone is 1. The number of aliphatic hydroxyl groups is 4. The van der Waals surface area contributed by atoms with Crippen molar-refractivity contribution in [3.63, 3.8) is 0 Å². The molecular weight excluding hydrogens is 498 g/mol. The number of aromatic hydroxyl groups is 1. The molecule has 6 rings (SSSR count). The summed E-state index contributed by atoms with van der Waals surface area (Å²) < 4.78 is 10.8. The van der Waals surface area contributed by atoms with Crippen molar-refractivity contribution < 1.29 is 49.4 Å². The predicted octanol–water partition coefficient (Wildman–Crippen LogP) is 1.28. The largest absolute Gasteiger partial charge is 0.511 e. The number of fused-ring (bicyclic) bond motifs is 4. The molecule has 2 aromatic rings. The Hall–Kier alpha value is -4.61. The van der Waals surface area contributed by atoms with Crippen LogP contribution < -0.4 is 15.2 Å². The lowest BCUT2D eigenvalue weighted by Crippen LogP contribution is -2.62. The number of hydrogen-bond donors (Lipinski definition) is 6. The van der Waals surface area contributed by atoms with Crippen molar-refractivity contribution in [2.24, 2.45) is 17.6 Å². The molecule has 1 aliphatic heterocycles. The van der Waals surface area contributed by atoms with E-state index in [0.717, 1.165) is 0 Å². The summed E-state index contributed by atoms with van der Waals surface area (Å²) in [5.74, 6) is -7.74. The first-order valence-corrected chi connectivity index (χ1v) is 11.6. The minimum atomic E-state index is -2.91. The highest BCUT2D eigenvalue weighted by Crippen LogP contribution is 2.55. The van der Waals surface area contributed by atoms with Crippen molar-refractivity contribution in [1.82, 2.24) is 0 Å². The van der Waals surface area contributed by atoms with Gasteiger partial charge >= 0.3 is 0 Å². The monoisotopic (exact) mass is 519 g/mol. The summed E-state index contributed by atoms with van der Waals surface area (Å²) in [6.45, 7) is 0.0429. The summed E-state index contributed by atoms with van der Waals surface area (Å²) in [4.78, 5) is 38.7. The maximum absolute atomic E-state index is 13.7. The molecule has 11 heteroatoms. The average Bonchev–Trinajstić information content (AvgIpc) is 3.34. The van der Waals surface area contributed by atoms with Crippen LogP contribution in [0.15, 0.2) is 59.1 Å². The van der Waals surface area contributed by atoms with Gasteiger partial charge < -0.3 is 40.7 Å². The number of ketones is 2. The summed E-state index contributed by atoms with van der Waals surface area (Å²) in [5.41, 5.74) is 1.78. The van der Waals surface area contributed by atoms with Crippen LogP contribution in [-0.4, -0.2) is 61.5 Å². The second kappa shape index (κ2) is 7.94. The van der Waals surface area contributed by atoms with E-state index in [1.165, 1.54) is 12.1 Å². The van der Waals surface area contributed by atoms with E-state index in [0.29, 0.717) is 22.6 Å². The van der Waals surface area contributed by atoms with Crippen molar-refractivity contribution >= 4 is 29.1 Å². The quantitative estimate of drug-likeness (QED) is 0.314. The van der Waals surface area contributed by atoms with Gasteiger partial charge in [-0.3, -0.25) is 14.4 Å². The van der Waals surface area contributed by atoms with Gasteiger partial charge in [-0.05, 0) is 34.9 Å². The zero-order valence-corrected chi connectivity index (χ0v) is 19.5. The molecule has 3 aliphatic carbocycles. The van der Waals surface area contributed by atoms with Crippen LogP contribution >= 0.6 is 0 Å². The minimum Gasteiger partial charge on any atom is -0.511 e. The number of rotatable bonds is 2. The standard InChI is InChI=1S/C27H21NO10/c28-26(35)20-15(30)8-13-22(31)19-12(6-10-4-5-16-17(7-10)38-9-37-16)11-2-1-3-14(29)18(11)23(32)21(19)25(34)27(13,36)24(20)33/h1-7,13,19,22,29-31,34,36H,8-9H2,(H2,28,35)/b12-6+/t13-,19-,22-,27-/m1/s1. The molecular formula is C27H21NO10. The molecule has 2 aromatic carbocycles. The van der Waals surface area contributed by atoms with Crippen molar-refractivity contribution in [3.8, 4) is 17.2 Å². The Balaban J connectivity index is 1.62. The third kappa shape index (κ3) is 2.99. The SMILES string of the molecule is NC(=O)C1=C(O)C[C@@H]2[C@@H](O)[C@H]3C(=C(O)[C@]2(O)C1=O)C(=O)c1c(O)cccc1/C3=C\c1ccc2c(c1)OCO2. The number of amides is 1. The van der Waals surface area contributed by atoms with E-state index in [9.17, 15) is 39.9 Å². The van der Waals surface area contributed by atoms with Crippen LogP contribution in [0.25, 0.3) is 11.6 Å². The maximum atomic E-state index is 13.7. The van der Waals surface area contributed by atoms with Gasteiger partial charge in [0, 0.05) is 18.3 Å². The first kappa shape index (κ1) is 23.8. The van der Waals surface area contributed by atoms with Crippen LogP contribution in [0, 0.1) is 11.8 Å². The van der Waals surface area contributed by atoms with Crippen LogP contribution in [0.1, 0.15) is 27.9 Å². The molecule has 4 aliphatic rings. The van der Waals surface area contributed by atoms with Gasteiger partial charge in [0.1, 0.15) is 22.8 Å². The molecule has 4 atom stereocenters. The Morgan fingerprint density at radius 1 is 1.08 bits per heavy atom. The lowest BCUT2D eigenvalue weighted by Gasteiger charge is -2.49. The highest BCUT2D eigenvalue weighted by Gasteiger charge is 2.63. The topological polar surface area (TPSA) is 197 Å². The molecule has 11 nitrogen and oxygen atoms in total. The lowest BCUT2D eigenvalue weighted by atomic mass is 9.57. The Bertz CT molecular complexity index is 1570. The van der Waals surface area contributed by atoms with Gasteiger partial charge in [-0.15, -0.1) is 0 Å². The molecule has 0 saturated heterocycles. The summed E-state index contributed by atoms with van der Waals surface area (Å²) in [5, 5.41) is 55.3. The average molecular weight is 519 g/mol. The molecule has 0 fully saturated rings. The summed E-state index contributed by atoms with van der Waals surface area (Å²) in [6, 6.07) is 9.37. The van der Waals surface area contributed by atoms with E-state index >= 15 is 0 Å². The number of phenolic OH excluding ortho intramolecular Hbond substituents is 1. The van der Waals surface area contributed by atoms with Gasteiger partial charge in [0.05, 0.1) is 17.2 Å². The van der Waals surface area contributed by atoms with E-state index in [1.54, 1.807) is 30.3 Å². The third-order valence-corrected chi connectivity index (χ3v) is 7.62. The second-order valence-corrected chi connectivity index (χ2v) is 9.56. The zero-order valence-electron chi connectivity index (χ0n) is 19.5. The number of nitrogens with two attached hydrogens (primary N) is 1. The fraction of sp³-hybridized carbons (Fsp3) is 0.222. The molecule has 38 heavy (non-hydrogen) atoms. The first-order valence-electron chi connectivity index (χ1n) is 11.6. The van der Waals surface area contributed by atoms with Crippen LogP contribution in [-0.2, 0) is 9.59 Å². The molecule has 1 heterocycles. The Labute approximate surface area is 214 Å². The molecule has 0 saturated carbocycles. The summed E-state index contributed by atoms with van der Waals surface area (Å²) in [6.07, 6.45) is -0.646. The lowest BCUT2D eigenvalue weighted by molar-refractivity contribution is -0.152. The number of carbonyl (C=O) groups excluding carboxylic acids is 3. The van der Waals surface area contributed by atoms with E-state index in [1.807, 2.05) is 0 Å². The molecule has 0 aromatic heterocycles. The number of benzene rings is 2. The Morgan fingerprint density at radius 3 is 2.55 bits per heavy atom. The minimum absolute atomic E-state index is 0.0429. The van der Waals surface area contributed by atoms with E-state index in [-0.39, 0.29) is 17.9 Å². The number of ether oxygens (including phenoxy) is 2. The molecule has 0 unspecified atom stereocenters. The van der Waals surface area contributed by atoms with Crippen molar-refractivity contribution in [2.45, 2.75) is 18.1 Å². The van der Waals surface area contributed by atoms with Gasteiger partial charge in [-0.2, -0.15) is 0 Å². The van der Waals surface area contributed by atoms with Gasteiger partial charge in [-0.25, -0.2) is 0 Å². The predicted molar refractivity (Wildman–Crippen MR) is 129 cm³/mol. The zero-order chi connectivity index (χ0) is 27.1. The van der Waals surface area contributed by atoms with Gasteiger partial charge in [-0.1, -0.05) is 24.3 Å². The molecule has 194 valence electrons. The highest BCUT2D eigenvalue weighted by molar-refractivity contribution is 6.25. The Morgan fingerprint density at radius 2 is 1.82 bits per heavy atom. The fourth-order valence-electron chi connectivity index (χ4n) is 5.87. The summed E-state index contributed by atoms with van der Waals surface area (Å²) in [7, 11) is 0. The van der Waals surface area contributed by atoms with E-state index in [2.05, 4.69) is 0 Å². The molecule has 1 amide bonds. The number of phenols is 1. The van der Waals surface area contributed by atoms with Crippen molar-refractivity contribution in [2.75, 3.05) is 6.79 Å². The van der Waals surface area contributed by atoms with Gasteiger partial charge in [0.25, 0.3) is 5.91 Å². The van der Waals surface area contributed by atoms with Crippen LogP contribution in [0.2, 0.25) is 0 Å². The number of aliphatic hydroxyl groups excluding tert-OH is 3. The van der Waals surface area contributed by atoms with Crippen LogP contribution in [0.3, 0.4) is 0 Å². The first-order chi connectivity index (χ1) is 18.1. The molecule has 0 spiro atoms. The summed E-state index contributed by atoms with van der Waals surface area (Å²) >= 11 is 0. The number of Topliss-reactive ketones (excluding diaryl/α,β-unsaturated/α-hetero) is 2. The van der Waals surface area contributed by atoms with Crippen LogP contribution in [0.5, 0.6) is 17.2 Å². The molecule has 7 N–H and O–H groups in total. The van der Waals surface area contributed by atoms with E-state index in [4.69, 9.17) is 15.2 Å².